The highest BCUT2D eigenvalue weighted by Gasteiger charge is 2.38. The molecule has 1 aliphatic rings. The highest BCUT2D eigenvalue weighted by molar-refractivity contribution is 6.34. The highest BCUT2D eigenvalue weighted by Crippen LogP contribution is 2.34. The predicted molar refractivity (Wildman–Crippen MR) is 142 cm³/mol. The lowest BCUT2D eigenvalue weighted by Gasteiger charge is -2.25. The van der Waals surface area contributed by atoms with Gasteiger partial charge in [-0.25, -0.2) is 5.84 Å². The summed E-state index contributed by atoms with van der Waals surface area (Å²) in [6.45, 7) is 1.16. The van der Waals surface area contributed by atoms with Gasteiger partial charge in [0.05, 0.1) is 34.0 Å². The van der Waals surface area contributed by atoms with E-state index < -0.39 is 42.0 Å². The number of imide groups is 1. The summed E-state index contributed by atoms with van der Waals surface area (Å²) in [4.78, 5) is 40.1. The summed E-state index contributed by atoms with van der Waals surface area (Å²) in [6.07, 6.45) is -5.02. The van der Waals surface area contributed by atoms with Crippen LogP contribution in [0.5, 0.6) is 0 Å². The van der Waals surface area contributed by atoms with Crippen LogP contribution in [0.15, 0.2) is 64.0 Å². The normalized spacial score (nSPS) is 14.7. The molecule has 0 fully saturated rings. The Morgan fingerprint density at radius 2 is 1.68 bits per heavy atom. The number of alkyl halides is 3. The van der Waals surface area contributed by atoms with E-state index in [4.69, 9.17) is 33.5 Å². The first kappa shape index (κ1) is 29.2. The van der Waals surface area contributed by atoms with E-state index in [1.165, 1.54) is 48.5 Å². The van der Waals surface area contributed by atoms with Gasteiger partial charge in [0.25, 0.3) is 17.7 Å². The molecule has 0 saturated heterocycles. The summed E-state index contributed by atoms with van der Waals surface area (Å²) in [5.74, 6) is 3.46. The average Bonchev–Trinajstić information content (AvgIpc) is 3.36. The molecule has 0 spiro atoms. The van der Waals surface area contributed by atoms with Crippen LogP contribution in [0, 0.1) is 0 Å². The molecule has 40 heavy (non-hydrogen) atoms. The molecule has 1 aromatic heterocycles. The second kappa shape index (κ2) is 11.4. The molecule has 2 aromatic carbocycles. The largest absolute Gasteiger partial charge is 0.439 e. The summed E-state index contributed by atoms with van der Waals surface area (Å²) in [6, 6.07) is 11.1. The lowest BCUT2D eigenvalue weighted by molar-refractivity contribution is -0.138. The van der Waals surface area contributed by atoms with Gasteiger partial charge in [0.2, 0.25) is 5.22 Å². The van der Waals surface area contributed by atoms with Gasteiger partial charge in [-0.15, -0.1) is 0 Å². The number of hydrogen-bond acceptors (Lipinski definition) is 6. The number of carbonyl (C=O) groups excluding carboxylic acids is 3. The lowest BCUT2D eigenvalue weighted by atomic mass is 9.99. The molecular weight excluding hydrogens is 572 g/mol. The molecule has 0 radical (unpaired) electrons. The summed E-state index contributed by atoms with van der Waals surface area (Å²) in [5.41, 5.74) is -0.226. The summed E-state index contributed by atoms with van der Waals surface area (Å²) < 4.78 is 46.6. The van der Waals surface area contributed by atoms with Crippen LogP contribution in [-0.4, -0.2) is 47.3 Å². The van der Waals surface area contributed by atoms with Gasteiger partial charge in [-0.1, -0.05) is 41.9 Å². The number of amides is 3. The number of allylic oxidation sites excluding steroid dienone is 1. The molecule has 2 heterocycles. The van der Waals surface area contributed by atoms with Crippen LogP contribution in [0.25, 0.3) is 5.70 Å². The van der Waals surface area contributed by atoms with Crippen molar-refractivity contribution in [3.05, 3.63) is 98.4 Å². The number of hydrogen-bond donors (Lipinski definition) is 2. The average molecular weight is 595 g/mol. The Morgan fingerprint density at radius 1 is 1.10 bits per heavy atom. The molecule has 210 valence electrons. The van der Waals surface area contributed by atoms with E-state index in [9.17, 15) is 27.6 Å². The van der Waals surface area contributed by atoms with Gasteiger partial charge in [-0.05, 0) is 48.7 Å². The zero-order valence-electron chi connectivity index (χ0n) is 21.2. The molecule has 0 aliphatic carbocycles. The van der Waals surface area contributed by atoms with E-state index >= 15 is 0 Å². The Bertz CT molecular complexity index is 1480. The van der Waals surface area contributed by atoms with Crippen LogP contribution < -0.4 is 11.2 Å². The second-order valence-electron chi connectivity index (χ2n) is 9.09. The summed E-state index contributed by atoms with van der Waals surface area (Å²) in [7, 11) is 1.50. The fourth-order valence-electron chi connectivity index (χ4n) is 4.54. The number of carbonyl (C=O) groups is 3. The van der Waals surface area contributed by atoms with Gasteiger partial charge < -0.3 is 14.7 Å². The standard InChI is InChI=1S/C27H23Cl2F3N4O4/c1-14(28)22(35(2)33)19-12-21(40-23(19)29)24(37)34-16(11-15-7-3-6-10-20(15)27(30,31)32)13-36-25(38)17-8-4-5-9-18(17)26(36)39/h3-10,12,16H,11,13,33H2,1-2H3,(H,34,37)/b22-14+/t16-/m0/s1. The maximum absolute atomic E-state index is 13.7. The lowest BCUT2D eigenvalue weighted by Crippen LogP contribution is -2.47. The number of nitrogens with one attached hydrogen (secondary N) is 1. The van der Waals surface area contributed by atoms with Crippen LogP contribution in [0.2, 0.25) is 5.22 Å². The van der Waals surface area contributed by atoms with Crippen LogP contribution in [0.1, 0.15) is 54.9 Å². The maximum Gasteiger partial charge on any atom is 0.416 e. The molecule has 3 amide bonds. The van der Waals surface area contributed by atoms with Gasteiger partial charge in [-0.3, -0.25) is 19.3 Å². The Morgan fingerprint density at radius 3 is 2.23 bits per heavy atom. The first-order valence-electron chi connectivity index (χ1n) is 11.8. The maximum atomic E-state index is 13.7. The number of halogens is 5. The Balaban J connectivity index is 1.67. The molecule has 0 saturated carbocycles. The zero-order valence-corrected chi connectivity index (χ0v) is 22.7. The number of rotatable bonds is 8. The van der Waals surface area contributed by atoms with Crippen molar-refractivity contribution >= 4 is 46.6 Å². The fraction of sp³-hybridized carbons (Fsp3) is 0.222. The minimum Gasteiger partial charge on any atom is -0.439 e. The molecule has 8 nitrogen and oxygen atoms in total. The molecule has 0 bridgehead atoms. The van der Waals surface area contributed by atoms with Crippen molar-refractivity contribution in [3.63, 3.8) is 0 Å². The van der Waals surface area contributed by atoms with Crippen molar-refractivity contribution in [3.8, 4) is 0 Å². The third-order valence-corrected chi connectivity index (χ3v) is 6.71. The number of nitrogens with two attached hydrogens (primary N) is 1. The van der Waals surface area contributed by atoms with E-state index in [-0.39, 0.29) is 50.4 Å². The van der Waals surface area contributed by atoms with Crippen molar-refractivity contribution in [2.24, 2.45) is 5.84 Å². The van der Waals surface area contributed by atoms with Gasteiger partial charge in [0.1, 0.15) is 0 Å². The van der Waals surface area contributed by atoms with Crippen molar-refractivity contribution < 1.29 is 32.0 Å². The number of benzene rings is 2. The van der Waals surface area contributed by atoms with Crippen molar-refractivity contribution in [2.75, 3.05) is 13.6 Å². The Kier molecular flexibility index (Phi) is 8.29. The number of fused-ring (bicyclic) bond motifs is 1. The highest BCUT2D eigenvalue weighted by atomic mass is 35.5. The van der Waals surface area contributed by atoms with Crippen LogP contribution in [0.4, 0.5) is 13.2 Å². The SMILES string of the molecule is C/C(Cl)=C(/c1cc(C(=O)N[C@@H](Cc2ccccc2C(F)(F)F)CN2C(=O)c3ccccc3C2=O)oc1Cl)N(C)N. The van der Waals surface area contributed by atoms with Gasteiger partial charge >= 0.3 is 6.18 Å². The molecule has 3 N–H and O–H groups in total. The fourth-order valence-corrected chi connectivity index (χ4v) is 5.01. The number of hydrazine groups is 1. The topological polar surface area (TPSA) is 109 Å². The van der Waals surface area contributed by atoms with Crippen LogP contribution in [0.3, 0.4) is 0 Å². The zero-order chi connectivity index (χ0) is 29.4. The van der Waals surface area contributed by atoms with Crippen molar-refractivity contribution in [1.82, 2.24) is 15.2 Å². The van der Waals surface area contributed by atoms with Crippen molar-refractivity contribution in [1.29, 1.82) is 0 Å². The molecule has 1 aliphatic heterocycles. The molecular formula is C27H23Cl2F3N4O4. The third-order valence-electron chi connectivity index (χ3n) is 6.25. The monoisotopic (exact) mass is 594 g/mol. The molecule has 3 aromatic rings. The van der Waals surface area contributed by atoms with Gasteiger partial charge in [0, 0.05) is 24.7 Å². The Labute approximate surface area is 237 Å². The minimum absolute atomic E-state index is 0.136. The first-order valence-corrected chi connectivity index (χ1v) is 12.6. The van der Waals surface area contributed by atoms with E-state index in [0.717, 1.165) is 11.0 Å². The minimum atomic E-state index is -4.67. The quantitative estimate of drug-likeness (QED) is 0.207. The number of furan rings is 1. The van der Waals surface area contributed by atoms with E-state index in [1.54, 1.807) is 19.1 Å². The molecule has 13 heteroatoms. The molecule has 1 atom stereocenters. The van der Waals surface area contributed by atoms with Crippen LogP contribution >= 0.6 is 23.2 Å². The van der Waals surface area contributed by atoms with E-state index in [2.05, 4.69) is 5.32 Å². The molecule has 0 unspecified atom stereocenters. The Hall–Kier alpha value is -3.80. The van der Waals surface area contributed by atoms with E-state index in [0.29, 0.717) is 0 Å². The smallest absolute Gasteiger partial charge is 0.416 e. The summed E-state index contributed by atoms with van der Waals surface area (Å²) >= 11 is 12.3. The van der Waals surface area contributed by atoms with Crippen LogP contribution in [-0.2, 0) is 12.6 Å². The second-order valence-corrected chi connectivity index (χ2v) is 10.00. The third kappa shape index (κ3) is 5.86. The van der Waals surface area contributed by atoms with Gasteiger partial charge in [0.15, 0.2) is 5.76 Å². The van der Waals surface area contributed by atoms with Crippen molar-refractivity contribution in [2.45, 2.75) is 25.6 Å². The summed E-state index contributed by atoms with van der Waals surface area (Å²) in [5, 5.41) is 3.83. The number of nitrogens with zero attached hydrogens (tertiary/aromatic N) is 2. The predicted octanol–water partition coefficient (Wildman–Crippen LogP) is 5.32. The molecule has 4 rings (SSSR count). The van der Waals surface area contributed by atoms with E-state index in [1.807, 2.05) is 0 Å². The van der Waals surface area contributed by atoms with Gasteiger partial charge in [-0.2, -0.15) is 13.2 Å². The first-order chi connectivity index (χ1) is 18.8.